The second-order valence-electron chi connectivity index (χ2n) is 5.64. The van der Waals surface area contributed by atoms with Crippen LogP contribution in [0.15, 0.2) is 59.3 Å². The Hall–Kier alpha value is -1.51. The molecule has 0 saturated carbocycles. The van der Waals surface area contributed by atoms with Gasteiger partial charge in [-0.05, 0) is 46.5 Å². The molecule has 0 radical (unpaired) electrons. The predicted octanol–water partition coefficient (Wildman–Crippen LogP) is 3.55. The van der Waals surface area contributed by atoms with Crippen molar-refractivity contribution in [1.29, 1.82) is 0 Å². The van der Waals surface area contributed by atoms with E-state index < -0.39 is 16.1 Å². The average Bonchev–Trinajstić information content (AvgIpc) is 3.31. The van der Waals surface area contributed by atoms with Gasteiger partial charge in [0.15, 0.2) is 0 Å². The first-order chi connectivity index (χ1) is 12.0. The van der Waals surface area contributed by atoms with Crippen LogP contribution >= 0.6 is 22.7 Å². The van der Waals surface area contributed by atoms with Gasteiger partial charge in [-0.25, -0.2) is 13.1 Å². The molecule has 0 bridgehead atoms. The molecule has 7 heteroatoms. The molecule has 0 amide bonds. The van der Waals surface area contributed by atoms with Crippen LogP contribution in [0.1, 0.15) is 27.0 Å². The van der Waals surface area contributed by atoms with Crippen molar-refractivity contribution < 1.29 is 13.5 Å². The third-order valence-electron chi connectivity index (χ3n) is 3.78. The maximum atomic E-state index is 12.2. The van der Waals surface area contributed by atoms with E-state index in [1.165, 1.54) is 22.7 Å². The fourth-order valence-electron chi connectivity index (χ4n) is 2.38. The van der Waals surface area contributed by atoms with Crippen LogP contribution in [-0.2, 0) is 23.0 Å². The van der Waals surface area contributed by atoms with E-state index in [9.17, 15) is 13.5 Å². The fraction of sp³-hybridized carbons (Fsp3) is 0.222. The van der Waals surface area contributed by atoms with Crippen LogP contribution in [0, 0.1) is 0 Å². The summed E-state index contributed by atoms with van der Waals surface area (Å²) in [5.41, 5.74) is 1.87. The molecule has 3 aromatic rings. The fourth-order valence-corrected chi connectivity index (χ4v) is 5.14. The summed E-state index contributed by atoms with van der Waals surface area (Å²) in [6.07, 6.45) is -0.164. The SMILES string of the molecule is O=S(=O)(CCc1ccccc1)NCc1ccc(C(O)c2ccsc2)s1. The molecule has 0 spiro atoms. The number of rotatable bonds is 8. The van der Waals surface area contributed by atoms with Gasteiger partial charge < -0.3 is 5.11 Å². The number of sulfonamides is 1. The molecule has 3 rings (SSSR count). The Morgan fingerprint density at radius 3 is 2.60 bits per heavy atom. The first-order valence-electron chi connectivity index (χ1n) is 7.83. The Kier molecular flexibility index (Phi) is 6.03. The maximum absolute atomic E-state index is 12.2. The molecule has 0 saturated heterocycles. The number of thiophene rings is 2. The topological polar surface area (TPSA) is 66.4 Å². The van der Waals surface area contributed by atoms with E-state index in [0.29, 0.717) is 6.42 Å². The number of aryl methyl sites for hydroxylation is 1. The van der Waals surface area contributed by atoms with Crippen molar-refractivity contribution in [2.24, 2.45) is 0 Å². The zero-order valence-electron chi connectivity index (χ0n) is 13.5. The van der Waals surface area contributed by atoms with E-state index in [0.717, 1.165) is 20.9 Å². The van der Waals surface area contributed by atoms with E-state index in [4.69, 9.17) is 0 Å². The van der Waals surface area contributed by atoms with Crippen molar-refractivity contribution in [2.45, 2.75) is 19.1 Å². The van der Waals surface area contributed by atoms with E-state index in [1.807, 2.05) is 59.3 Å². The molecule has 1 unspecified atom stereocenters. The van der Waals surface area contributed by atoms with Gasteiger partial charge in [0.05, 0.1) is 5.75 Å². The van der Waals surface area contributed by atoms with Gasteiger partial charge in [0.25, 0.3) is 0 Å². The first-order valence-corrected chi connectivity index (χ1v) is 11.2. The minimum Gasteiger partial charge on any atom is -0.383 e. The molecule has 1 aromatic carbocycles. The minimum atomic E-state index is -3.34. The zero-order chi connectivity index (χ0) is 17.7. The van der Waals surface area contributed by atoms with E-state index in [1.54, 1.807) is 0 Å². The molecule has 2 heterocycles. The summed E-state index contributed by atoms with van der Waals surface area (Å²) in [5.74, 6) is 0.0623. The summed E-state index contributed by atoms with van der Waals surface area (Å²) >= 11 is 2.96. The van der Waals surface area contributed by atoms with Gasteiger partial charge in [0, 0.05) is 16.3 Å². The van der Waals surface area contributed by atoms with E-state index in [-0.39, 0.29) is 12.3 Å². The molecule has 0 aliphatic rings. The highest BCUT2D eigenvalue weighted by molar-refractivity contribution is 7.89. The Labute approximate surface area is 155 Å². The second-order valence-corrected chi connectivity index (χ2v) is 9.55. The lowest BCUT2D eigenvalue weighted by Crippen LogP contribution is -2.26. The van der Waals surface area contributed by atoms with Gasteiger partial charge >= 0.3 is 0 Å². The Bertz CT molecular complexity index is 887. The summed E-state index contributed by atoms with van der Waals surface area (Å²) in [5, 5.41) is 14.1. The third kappa shape index (κ3) is 5.23. The lowest BCUT2D eigenvalue weighted by Gasteiger charge is -2.07. The van der Waals surface area contributed by atoms with Gasteiger partial charge in [0.2, 0.25) is 10.0 Å². The van der Waals surface area contributed by atoms with Crippen molar-refractivity contribution >= 4 is 32.7 Å². The van der Waals surface area contributed by atoms with E-state index in [2.05, 4.69) is 4.72 Å². The highest BCUT2D eigenvalue weighted by atomic mass is 32.2. The Morgan fingerprint density at radius 2 is 1.88 bits per heavy atom. The summed E-state index contributed by atoms with van der Waals surface area (Å²) < 4.78 is 26.9. The molecule has 1 atom stereocenters. The molecular weight excluding hydrogens is 374 g/mol. The lowest BCUT2D eigenvalue weighted by molar-refractivity contribution is 0.224. The summed E-state index contributed by atoms with van der Waals surface area (Å²) in [4.78, 5) is 1.70. The second kappa shape index (κ2) is 8.25. The van der Waals surface area contributed by atoms with Gasteiger partial charge in [0.1, 0.15) is 6.10 Å². The Morgan fingerprint density at radius 1 is 1.08 bits per heavy atom. The van der Waals surface area contributed by atoms with Crippen LogP contribution < -0.4 is 4.72 Å². The highest BCUT2D eigenvalue weighted by Gasteiger charge is 2.15. The first kappa shape index (κ1) is 18.3. The zero-order valence-corrected chi connectivity index (χ0v) is 15.9. The van der Waals surface area contributed by atoms with Gasteiger partial charge in [-0.2, -0.15) is 11.3 Å². The summed E-state index contributed by atoms with van der Waals surface area (Å²) in [6.45, 7) is 0.248. The number of benzene rings is 1. The van der Waals surface area contributed by atoms with E-state index >= 15 is 0 Å². The van der Waals surface area contributed by atoms with Crippen molar-refractivity contribution in [1.82, 2.24) is 4.72 Å². The number of nitrogens with one attached hydrogen (secondary N) is 1. The van der Waals surface area contributed by atoms with Crippen molar-refractivity contribution in [2.75, 3.05) is 5.75 Å². The molecule has 4 nitrogen and oxygen atoms in total. The molecule has 2 aromatic heterocycles. The highest BCUT2D eigenvalue weighted by Crippen LogP contribution is 2.29. The van der Waals surface area contributed by atoms with Crippen LogP contribution in [0.5, 0.6) is 0 Å². The molecule has 0 aliphatic heterocycles. The van der Waals surface area contributed by atoms with Gasteiger partial charge in [-0.1, -0.05) is 30.3 Å². The predicted molar refractivity (Wildman–Crippen MR) is 103 cm³/mol. The van der Waals surface area contributed by atoms with Crippen LogP contribution in [0.2, 0.25) is 0 Å². The van der Waals surface area contributed by atoms with Gasteiger partial charge in [-0.3, -0.25) is 0 Å². The standard InChI is InChI=1S/C18H19NO3S3/c20-18(15-8-10-23-13-15)17-7-6-16(24-17)12-19-25(21,22)11-9-14-4-2-1-3-5-14/h1-8,10,13,18-20H,9,11-12H2. The normalized spacial score (nSPS) is 13.0. The maximum Gasteiger partial charge on any atom is 0.212 e. The van der Waals surface area contributed by atoms with Crippen molar-refractivity contribution in [3.05, 3.63) is 80.2 Å². The molecule has 25 heavy (non-hydrogen) atoms. The molecule has 2 N–H and O–H groups in total. The number of hydrogen-bond donors (Lipinski definition) is 2. The monoisotopic (exact) mass is 393 g/mol. The smallest absolute Gasteiger partial charge is 0.212 e. The van der Waals surface area contributed by atoms with Crippen LogP contribution in [0.3, 0.4) is 0 Å². The summed E-state index contributed by atoms with van der Waals surface area (Å²) in [7, 11) is -3.34. The third-order valence-corrected chi connectivity index (χ3v) is 6.94. The molecular formula is C18H19NO3S3. The quantitative estimate of drug-likeness (QED) is 0.615. The van der Waals surface area contributed by atoms with Gasteiger partial charge in [-0.15, -0.1) is 11.3 Å². The minimum absolute atomic E-state index is 0.0623. The number of aliphatic hydroxyl groups is 1. The van der Waals surface area contributed by atoms with Crippen LogP contribution in [0.4, 0.5) is 0 Å². The number of aliphatic hydroxyl groups excluding tert-OH is 1. The van der Waals surface area contributed by atoms with Crippen LogP contribution in [0.25, 0.3) is 0 Å². The molecule has 132 valence electrons. The largest absolute Gasteiger partial charge is 0.383 e. The number of hydrogen-bond acceptors (Lipinski definition) is 5. The Balaban J connectivity index is 1.54. The summed E-state index contributed by atoms with van der Waals surface area (Å²) in [6, 6.07) is 15.2. The average molecular weight is 394 g/mol. The van der Waals surface area contributed by atoms with Crippen molar-refractivity contribution in [3.63, 3.8) is 0 Å². The molecule has 0 aliphatic carbocycles. The lowest BCUT2D eigenvalue weighted by atomic mass is 10.2. The van der Waals surface area contributed by atoms with Crippen LogP contribution in [-0.4, -0.2) is 19.3 Å². The van der Waals surface area contributed by atoms with Crippen molar-refractivity contribution in [3.8, 4) is 0 Å². The molecule has 0 fully saturated rings.